The number of halogens is 2. The van der Waals surface area contributed by atoms with Crippen LogP contribution in [-0.2, 0) is 20.0 Å². The summed E-state index contributed by atoms with van der Waals surface area (Å²) in [4.78, 5) is 10.1. The molecule has 0 aliphatic rings. The van der Waals surface area contributed by atoms with E-state index in [0.29, 0.717) is 4.47 Å². The minimum absolute atomic E-state index is 0.0489. The van der Waals surface area contributed by atoms with E-state index < -0.39 is 47.9 Å². The predicted molar refractivity (Wildman–Crippen MR) is 112 cm³/mol. The first kappa shape index (κ1) is 23.9. The van der Waals surface area contributed by atoms with Gasteiger partial charge in [-0.2, -0.15) is 5.26 Å². The van der Waals surface area contributed by atoms with Crippen molar-refractivity contribution in [2.45, 2.75) is 36.7 Å². The molecule has 30 heavy (non-hydrogen) atoms. The summed E-state index contributed by atoms with van der Waals surface area (Å²) < 4.78 is 47.2. The van der Waals surface area contributed by atoms with Gasteiger partial charge in [-0.1, -0.05) is 35.0 Å². The van der Waals surface area contributed by atoms with Gasteiger partial charge in [-0.05, 0) is 43.7 Å². The average Bonchev–Trinajstić information content (AvgIpc) is 2.68. The summed E-state index contributed by atoms with van der Waals surface area (Å²) in [5.74, 6) is -1.32. The molecule has 0 aliphatic heterocycles. The molecule has 0 fully saturated rings. The highest BCUT2D eigenvalue weighted by molar-refractivity contribution is 9.10. The zero-order valence-corrected chi connectivity index (χ0v) is 19.0. The molecule has 10 heteroatoms. The summed E-state index contributed by atoms with van der Waals surface area (Å²) in [5.41, 5.74) is -3.20. The van der Waals surface area contributed by atoms with E-state index in [4.69, 9.17) is 4.74 Å². The topological polar surface area (TPSA) is 110 Å². The molecule has 2 aromatic rings. The number of hydrogen-bond donors (Lipinski definition) is 0. The van der Waals surface area contributed by atoms with Crippen molar-refractivity contribution in [1.29, 1.82) is 5.26 Å². The van der Waals surface area contributed by atoms with Gasteiger partial charge in [0.25, 0.3) is 5.69 Å². The van der Waals surface area contributed by atoms with Crippen molar-refractivity contribution in [3.05, 3.63) is 68.4 Å². The zero-order chi connectivity index (χ0) is 22.7. The van der Waals surface area contributed by atoms with Crippen LogP contribution in [0.3, 0.4) is 0 Å². The van der Waals surface area contributed by atoms with Crippen LogP contribution in [-0.4, -0.2) is 31.3 Å². The fourth-order valence-corrected chi connectivity index (χ4v) is 5.24. The van der Waals surface area contributed by atoms with Crippen LogP contribution in [0.5, 0.6) is 0 Å². The predicted octanol–water partition coefficient (Wildman–Crippen LogP) is 4.55. The largest absolute Gasteiger partial charge is 0.360 e. The van der Waals surface area contributed by atoms with Crippen molar-refractivity contribution in [2.24, 2.45) is 0 Å². The van der Waals surface area contributed by atoms with Gasteiger partial charge < -0.3 is 4.74 Å². The van der Waals surface area contributed by atoms with Crippen LogP contribution in [0.2, 0.25) is 0 Å². The highest BCUT2D eigenvalue weighted by Crippen LogP contribution is 2.35. The molecule has 0 unspecified atom stereocenters. The standard InChI is InChI=1S/C20H20BrFN2O5S/c1-19(2,11-23)29-12-20(3,15-10-14(21)8-9-16(15)22)13-30(27,28)18-7-5-4-6-17(18)24(25)26/h4-10H,12-13H2,1-3H3/t20-/m1/s1. The molecule has 0 aromatic heterocycles. The molecule has 2 rings (SSSR count). The van der Waals surface area contributed by atoms with E-state index in [1.807, 2.05) is 6.07 Å². The maximum Gasteiger partial charge on any atom is 0.287 e. The SMILES string of the molecule is CC(C)(C#N)OC[C@](C)(CS(=O)(=O)c1ccccc1[N+](=O)[O-])c1cc(Br)ccc1F. The van der Waals surface area contributed by atoms with Gasteiger partial charge in [-0.3, -0.25) is 10.1 Å². The highest BCUT2D eigenvalue weighted by Gasteiger charge is 2.39. The highest BCUT2D eigenvalue weighted by atomic mass is 79.9. The van der Waals surface area contributed by atoms with Gasteiger partial charge >= 0.3 is 0 Å². The van der Waals surface area contributed by atoms with Gasteiger partial charge in [0.15, 0.2) is 9.84 Å². The van der Waals surface area contributed by atoms with E-state index in [-0.39, 0.29) is 12.2 Å². The second-order valence-electron chi connectivity index (χ2n) is 7.58. The molecule has 2 aromatic carbocycles. The first-order valence-corrected chi connectivity index (χ1v) is 11.2. The van der Waals surface area contributed by atoms with Gasteiger partial charge in [0, 0.05) is 16.0 Å². The molecular formula is C20H20BrFN2O5S. The average molecular weight is 499 g/mol. The van der Waals surface area contributed by atoms with E-state index in [0.717, 1.165) is 12.1 Å². The van der Waals surface area contributed by atoms with Crippen molar-refractivity contribution in [3.8, 4) is 6.07 Å². The quantitative estimate of drug-likeness (QED) is 0.390. The molecule has 0 amide bonds. The second kappa shape index (κ2) is 8.79. The van der Waals surface area contributed by atoms with E-state index in [9.17, 15) is 28.2 Å². The molecule has 0 aliphatic carbocycles. The minimum Gasteiger partial charge on any atom is -0.360 e. The van der Waals surface area contributed by atoms with Gasteiger partial charge in [-0.15, -0.1) is 0 Å². The van der Waals surface area contributed by atoms with Crippen LogP contribution in [0, 0.1) is 27.3 Å². The first-order chi connectivity index (χ1) is 13.8. The minimum atomic E-state index is -4.23. The fraction of sp³-hybridized carbons (Fsp3) is 0.350. The number of nitriles is 1. The number of sulfone groups is 1. The Hall–Kier alpha value is -2.35. The number of benzene rings is 2. The normalized spacial score (nSPS) is 14.0. The zero-order valence-electron chi connectivity index (χ0n) is 16.6. The number of hydrogen-bond acceptors (Lipinski definition) is 6. The van der Waals surface area contributed by atoms with Crippen molar-refractivity contribution >= 4 is 31.5 Å². The van der Waals surface area contributed by atoms with Crippen molar-refractivity contribution in [3.63, 3.8) is 0 Å². The number of nitro groups is 1. The van der Waals surface area contributed by atoms with Crippen molar-refractivity contribution in [2.75, 3.05) is 12.4 Å². The number of ether oxygens (including phenoxy) is 1. The van der Waals surface area contributed by atoms with E-state index >= 15 is 0 Å². The smallest absolute Gasteiger partial charge is 0.287 e. The Kier molecular flexibility index (Phi) is 7.01. The lowest BCUT2D eigenvalue weighted by Gasteiger charge is -2.32. The molecule has 0 saturated heterocycles. The molecule has 0 N–H and O–H groups in total. The van der Waals surface area contributed by atoms with Crippen LogP contribution in [0.4, 0.5) is 10.1 Å². The number of para-hydroxylation sites is 1. The molecule has 7 nitrogen and oxygen atoms in total. The Morgan fingerprint density at radius 3 is 2.47 bits per heavy atom. The Labute approximate surface area is 182 Å². The first-order valence-electron chi connectivity index (χ1n) is 8.78. The monoisotopic (exact) mass is 498 g/mol. The van der Waals surface area contributed by atoms with Gasteiger partial charge in [0.2, 0.25) is 0 Å². The van der Waals surface area contributed by atoms with Crippen LogP contribution in [0.15, 0.2) is 51.8 Å². The summed E-state index contributed by atoms with van der Waals surface area (Å²) in [6, 6.07) is 11.0. The number of nitro benzene ring substituents is 1. The van der Waals surface area contributed by atoms with Crippen LogP contribution >= 0.6 is 15.9 Å². The molecule has 1 atom stereocenters. The Morgan fingerprint density at radius 1 is 1.23 bits per heavy atom. The molecule has 0 saturated carbocycles. The molecule has 0 radical (unpaired) electrons. The molecule has 0 bridgehead atoms. The summed E-state index contributed by atoms with van der Waals surface area (Å²) in [6.45, 7) is 4.18. The van der Waals surface area contributed by atoms with Gasteiger partial charge in [0.1, 0.15) is 16.3 Å². The second-order valence-corrected chi connectivity index (χ2v) is 10.5. The summed E-state index contributed by atoms with van der Waals surface area (Å²) in [6.07, 6.45) is 0. The molecule has 0 heterocycles. The van der Waals surface area contributed by atoms with E-state index in [1.165, 1.54) is 51.1 Å². The van der Waals surface area contributed by atoms with Crippen molar-refractivity contribution < 1.29 is 22.5 Å². The molecule has 160 valence electrons. The Bertz CT molecular complexity index is 1110. The maximum absolute atomic E-state index is 14.7. The summed E-state index contributed by atoms with van der Waals surface area (Å²) in [5, 5.41) is 20.5. The Balaban J connectivity index is 2.59. The summed E-state index contributed by atoms with van der Waals surface area (Å²) in [7, 11) is -4.23. The van der Waals surface area contributed by atoms with Crippen molar-refractivity contribution in [1.82, 2.24) is 0 Å². The van der Waals surface area contributed by atoms with Crippen LogP contribution < -0.4 is 0 Å². The van der Waals surface area contributed by atoms with Gasteiger partial charge in [0.05, 0.1) is 23.4 Å². The third-order valence-corrected chi connectivity index (χ3v) is 7.03. The molecular weight excluding hydrogens is 479 g/mol. The summed E-state index contributed by atoms with van der Waals surface area (Å²) >= 11 is 3.25. The van der Waals surface area contributed by atoms with Crippen LogP contribution in [0.25, 0.3) is 0 Å². The third kappa shape index (κ3) is 5.41. The fourth-order valence-electron chi connectivity index (χ4n) is 2.90. The third-order valence-electron chi connectivity index (χ3n) is 4.51. The lowest BCUT2D eigenvalue weighted by molar-refractivity contribution is -0.387. The van der Waals surface area contributed by atoms with E-state index in [2.05, 4.69) is 15.9 Å². The lowest BCUT2D eigenvalue weighted by Crippen LogP contribution is -2.40. The number of nitrogens with zero attached hydrogens (tertiary/aromatic N) is 2. The Morgan fingerprint density at radius 2 is 1.87 bits per heavy atom. The van der Waals surface area contributed by atoms with Gasteiger partial charge in [-0.25, -0.2) is 12.8 Å². The van der Waals surface area contributed by atoms with Crippen LogP contribution in [0.1, 0.15) is 26.3 Å². The van der Waals surface area contributed by atoms with E-state index in [1.54, 1.807) is 0 Å². The maximum atomic E-state index is 14.7. The lowest BCUT2D eigenvalue weighted by atomic mass is 9.84. The molecule has 0 spiro atoms. The number of rotatable bonds is 8.